The van der Waals surface area contributed by atoms with Crippen LogP contribution in [0.1, 0.15) is 41.8 Å². The summed E-state index contributed by atoms with van der Waals surface area (Å²) in [5.74, 6) is 0. The Morgan fingerprint density at radius 1 is 0.442 bits per heavy atom. The highest BCUT2D eigenvalue weighted by atomic mass is 35.5. The summed E-state index contributed by atoms with van der Waals surface area (Å²) in [6.45, 7) is 5.25. The molecular formula is C45H47ClN6. The van der Waals surface area contributed by atoms with E-state index in [2.05, 4.69) is 141 Å². The number of halogens is 1. The number of rotatable bonds is 16. The van der Waals surface area contributed by atoms with Gasteiger partial charge in [-0.25, -0.2) is 0 Å². The highest BCUT2D eigenvalue weighted by Gasteiger charge is 2.16. The second-order valence-corrected chi connectivity index (χ2v) is 13.5. The van der Waals surface area contributed by atoms with E-state index in [-0.39, 0.29) is 12.4 Å². The fourth-order valence-corrected chi connectivity index (χ4v) is 7.79. The van der Waals surface area contributed by atoms with Crippen LogP contribution in [0, 0.1) is 0 Å². The molecule has 0 atom stereocenters. The molecule has 8 rings (SSSR count). The van der Waals surface area contributed by atoms with Crippen LogP contribution >= 0.6 is 12.4 Å². The molecule has 0 unspecified atom stereocenters. The van der Waals surface area contributed by atoms with E-state index < -0.39 is 0 Å². The predicted molar refractivity (Wildman–Crippen MR) is 219 cm³/mol. The van der Waals surface area contributed by atoms with E-state index in [1.807, 2.05) is 12.4 Å². The van der Waals surface area contributed by atoms with Crippen LogP contribution in [0.15, 0.2) is 134 Å². The van der Waals surface area contributed by atoms with Crippen molar-refractivity contribution in [3.8, 4) is 0 Å². The predicted octanol–water partition coefficient (Wildman–Crippen LogP) is 9.65. The van der Waals surface area contributed by atoms with Gasteiger partial charge in [0.1, 0.15) is 0 Å². The molecule has 0 aliphatic rings. The maximum absolute atomic E-state index is 4.89. The Hall–Kier alpha value is -5.01. The highest BCUT2D eigenvalue weighted by molar-refractivity contribution is 6.09. The Balaban J connectivity index is 0.00000420. The van der Waals surface area contributed by atoms with Crippen LogP contribution in [-0.2, 0) is 39.0 Å². The summed E-state index contributed by atoms with van der Waals surface area (Å²) >= 11 is 0. The Bertz CT molecular complexity index is 2200. The molecule has 7 heteroatoms. The molecule has 0 radical (unpaired) electrons. The van der Waals surface area contributed by atoms with Gasteiger partial charge in [-0.3, -0.25) is 9.97 Å². The molecule has 4 heterocycles. The number of aromatic nitrogens is 4. The molecule has 2 N–H and O–H groups in total. The third-order valence-electron chi connectivity index (χ3n) is 10.2. The van der Waals surface area contributed by atoms with Crippen molar-refractivity contribution in [1.82, 2.24) is 29.7 Å². The third-order valence-corrected chi connectivity index (χ3v) is 10.2. The molecule has 0 fully saturated rings. The van der Waals surface area contributed by atoms with Crippen LogP contribution < -0.4 is 10.6 Å². The number of nitrogens with zero attached hydrogens (tertiary/aromatic N) is 4. The van der Waals surface area contributed by atoms with E-state index in [1.54, 1.807) is 0 Å². The van der Waals surface area contributed by atoms with Crippen molar-refractivity contribution >= 4 is 56.0 Å². The lowest BCUT2D eigenvalue weighted by molar-refractivity contribution is 0.587. The zero-order valence-electron chi connectivity index (χ0n) is 29.7. The zero-order valence-corrected chi connectivity index (χ0v) is 30.5. The second kappa shape index (κ2) is 17.0. The van der Waals surface area contributed by atoms with Gasteiger partial charge in [0.2, 0.25) is 0 Å². The molecule has 8 aromatic rings. The van der Waals surface area contributed by atoms with Crippen molar-refractivity contribution in [2.24, 2.45) is 0 Å². The van der Waals surface area contributed by atoms with Gasteiger partial charge in [-0.05, 0) is 80.6 Å². The monoisotopic (exact) mass is 706 g/mol. The second-order valence-electron chi connectivity index (χ2n) is 13.5. The van der Waals surface area contributed by atoms with E-state index in [4.69, 9.17) is 9.97 Å². The van der Waals surface area contributed by atoms with Crippen molar-refractivity contribution in [2.45, 2.75) is 58.3 Å². The van der Waals surface area contributed by atoms with Gasteiger partial charge in [0.15, 0.2) is 0 Å². The van der Waals surface area contributed by atoms with Gasteiger partial charge in [0.25, 0.3) is 0 Å². The van der Waals surface area contributed by atoms with Crippen molar-refractivity contribution in [1.29, 1.82) is 0 Å². The van der Waals surface area contributed by atoms with Gasteiger partial charge < -0.3 is 19.8 Å². The van der Waals surface area contributed by atoms with Crippen LogP contribution in [-0.4, -0.2) is 32.2 Å². The third kappa shape index (κ3) is 7.61. The lowest BCUT2D eigenvalue weighted by Gasteiger charge is -2.12. The summed E-state index contributed by atoms with van der Waals surface area (Å²) in [6.07, 6.45) is 9.26. The normalized spacial score (nSPS) is 11.5. The number of benzene rings is 4. The molecular weight excluding hydrogens is 660 g/mol. The fourth-order valence-electron chi connectivity index (χ4n) is 7.79. The largest absolute Gasteiger partial charge is 0.339 e. The number of hydrogen-bond donors (Lipinski definition) is 2. The van der Waals surface area contributed by atoms with Gasteiger partial charge in [-0.1, -0.05) is 97.1 Å². The van der Waals surface area contributed by atoms with Crippen LogP contribution in [0.3, 0.4) is 0 Å². The molecule has 0 aliphatic carbocycles. The number of hydrogen-bond acceptors (Lipinski definition) is 4. The minimum Gasteiger partial charge on any atom is -0.339 e. The first-order valence-electron chi connectivity index (χ1n) is 18.5. The Kier molecular flexibility index (Phi) is 11.6. The van der Waals surface area contributed by atoms with Gasteiger partial charge >= 0.3 is 0 Å². The summed E-state index contributed by atoms with van der Waals surface area (Å²) < 4.78 is 4.99. The SMILES string of the molecule is Cl.c1ccc(CCCn2c3ccccc3c3ccnc(CNCCCNCc4nccc5c6ccccc6n(CCCc6ccccc6)c45)c32)cc1. The number of nitrogens with one attached hydrogen (secondary N) is 2. The molecule has 4 aromatic carbocycles. The summed E-state index contributed by atoms with van der Waals surface area (Å²) in [5, 5.41) is 12.6. The standard InChI is InChI=1S/C45H46N6.ClH/c1-3-14-34(15-4-1)18-11-30-50-42-22-9-7-20-36(42)38-24-28-48-40(44(38)50)32-46-26-13-27-47-33-41-45-39(25-29-49-41)37-21-8-10-23-43(37)51(45)31-12-19-35-16-5-2-6-17-35;/h1-10,14-17,20-25,28-29,46-47H,11-13,18-19,26-27,30-33H2;1H. The van der Waals surface area contributed by atoms with Crippen LogP contribution in [0.4, 0.5) is 0 Å². The maximum atomic E-state index is 4.89. The smallest absolute Gasteiger partial charge is 0.0784 e. The minimum atomic E-state index is 0. The van der Waals surface area contributed by atoms with Gasteiger partial charge in [0, 0.05) is 71.2 Å². The van der Waals surface area contributed by atoms with E-state index in [9.17, 15) is 0 Å². The van der Waals surface area contributed by atoms with Gasteiger partial charge in [-0.15, -0.1) is 12.4 Å². The number of para-hydroxylation sites is 2. The Morgan fingerprint density at radius 3 is 1.33 bits per heavy atom. The van der Waals surface area contributed by atoms with Crippen molar-refractivity contribution in [3.63, 3.8) is 0 Å². The molecule has 0 bridgehead atoms. The van der Waals surface area contributed by atoms with E-state index in [1.165, 1.54) is 54.7 Å². The lowest BCUT2D eigenvalue weighted by atomic mass is 10.1. The summed E-state index contributed by atoms with van der Waals surface area (Å²) in [6, 6.07) is 43.5. The van der Waals surface area contributed by atoms with Gasteiger partial charge in [0.05, 0.1) is 22.4 Å². The van der Waals surface area contributed by atoms with E-state index >= 15 is 0 Å². The summed E-state index contributed by atoms with van der Waals surface area (Å²) in [4.78, 5) is 9.77. The van der Waals surface area contributed by atoms with E-state index in [0.717, 1.165) is 82.8 Å². The first-order chi connectivity index (χ1) is 25.3. The Labute approximate surface area is 312 Å². The molecule has 0 spiro atoms. The highest BCUT2D eigenvalue weighted by Crippen LogP contribution is 2.32. The van der Waals surface area contributed by atoms with Crippen molar-refractivity contribution in [3.05, 3.63) is 156 Å². The summed E-state index contributed by atoms with van der Waals surface area (Å²) in [7, 11) is 0. The molecule has 0 aliphatic heterocycles. The van der Waals surface area contributed by atoms with Crippen LogP contribution in [0.25, 0.3) is 43.6 Å². The lowest BCUT2D eigenvalue weighted by Crippen LogP contribution is -2.22. The zero-order chi connectivity index (χ0) is 34.2. The molecule has 6 nitrogen and oxygen atoms in total. The summed E-state index contributed by atoms with van der Waals surface area (Å²) in [5.41, 5.74) is 10.1. The first-order valence-corrected chi connectivity index (χ1v) is 18.5. The molecule has 0 amide bonds. The van der Waals surface area contributed by atoms with Gasteiger partial charge in [-0.2, -0.15) is 0 Å². The number of aryl methyl sites for hydroxylation is 4. The molecule has 0 saturated carbocycles. The number of pyridine rings is 2. The average Bonchev–Trinajstić information content (AvgIpc) is 3.69. The topological polar surface area (TPSA) is 59.7 Å². The average molecular weight is 707 g/mol. The fraction of sp³-hybridized carbons (Fsp3) is 0.244. The van der Waals surface area contributed by atoms with Crippen LogP contribution in [0.2, 0.25) is 0 Å². The molecule has 0 saturated heterocycles. The van der Waals surface area contributed by atoms with Crippen LogP contribution in [0.5, 0.6) is 0 Å². The quantitative estimate of drug-likeness (QED) is 0.0983. The molecule has 52 heavy (non-hydrogen) atoms. The maximum Gasteiger partial charge on any atom is 0.0784 e. The van der Waals surface area contributed by atoms with Crippen molar-refractivity contribution in [2.75, 3.05) is 13.1 Å². The first kappa shape index (κ1) is 35.4. The molecule has 4 aromatic heterocycles. The van der Waals surface area contributed by atoms with Crippen molar-refractivity contribution < 1.29 is 0 Å². The number of fused-ring (bicyclic) bond motifs is 6. The van der Waals surface area contributed by atoms with E-state index in [0.29, 0.717) is 0 Å². The molecule has 264 valence electrons. The minimum absolute atomic E-state index is 0. The Morgan fingerprint density at radius 2 is 0.865 bits per heavy atom.